The fourth-order valence-electron chi connectivity index (χ4n) is 4.15. The number of methoxy groups -OCH3 is 1. The minimum absolute atomic E-state index is 0.251. The van der Waals surface area contributed by atoms with Gasteiger partial charge in [-0.15, -0.1) is 0 Å². The Balaban J connectivity index is 1.44. The van der Waals surface area contributed by atoms with Crippen LogP contribution in [0, 0.1) is 0 Å². The molecule has 2 aromatic heterocycles. The Labute approximate surface area is 176 Å². The quantitative estimate of drug-likeness (QED) is 0.681. The Morgan fingerprint density at radius 2 is 1.97 bits per heavy atom. The zero-order valence-corrected chi connectivity index (χ0v) is 16.9. The van der Waals surface area contributed by atoms with Crippen molar-refractivity contribution in [3.05, 3.63) is 64.2 Å². The fraction of sp³-hybridized carbons (Fsp3) is 0.364. The predicted octanol–water partition coefficient (Wildman–Crippen LogP) is 3.76. The zero-order chi connectivity index (χ0) is 22.2. The van der Waals surface area contributed by atoms with Gasteiger partial charge < -0.3 is 19.2 Å². The number of hydrogen-bond donors (Lipinski definition) is 1. The molecule has 1 aromatic carbocycles. The molecule has 164 valence electrons. The maximum atomic E-state index is 12.9. The van der Waals surface area contributed by atoms with Crippen LogP contribution < -0.4 is 10.3 Å². The predicted molar refractivity (Wildman–Crippen MR) is 109 cm³/mol. The summed E-state index contributed by atoms with van der Waals surface area (Å²) in [5.41, 5.74) is -0.296. The number of nitrogens with zero attached hydrogens (tertiary/aromatic N) is 2. The van der Waals surface area contributed by atoms with E-state index >= 15 is 0 Å². The number of nitrogens with one attached hydrogen (secondary N) is 1. The molecule has 1 aliphatic heterocycles. The van der Waals surface area contributed by atoms with E-state index in [1.54, 1.807) is 12.0 Å². The summed E-state index contributed by atoms with van der Waals surface area (Å²) in [6.45, 7) is 0.555. The minimum Gasteiger partial charge on any atom is -0.497 e. The van der Waals surface area contributed by atoms with Crippen molar-refractivity contribution in [3.63, 3.8) is 0 Å². The molecule has 1 amide bonds. The molecule has 31 heavy (non-hydrogen) atoms. The van der Waals surface area contributed by atoms with Crippen molar-refractivity contribution < 1.29 is 22.7 Å². The molecule has 1 fully saturated rings. The molecule has 1 saturated heterocycles. The Bertz CT molecular complexity index is 1160. The number of likely N-dealkylation sites (tertiary alicyclic amines) is 1. The first kappa shape index (κ1) is 21.0. The first-order valence-corrected chi connectivity index (χ1v) is 9.97. The van der Waals surface area contributed by atoms with E-state index < -0.39 is 23.8 Å². The summed E-state index contributed by atoms with van der Waals surface area (Å²) in [7, 11) is 1.62. The van der Waals surface area contributed by atoms with Crippen molar-refractivity contribution in [1.29, 1.82) is 0 Å². The Morgan fingerprint density at radius 3 is 2.65 bits per heavy atom. The third-order valence-electron chi connectivity index (χ3n) is 5.84. The van der Waals surface area contributed by atoms with Crippen molar-refractivity contribution in [3.8, 4) is 5.75 Å². The number of ether oxygens (including phenoxy) is 1. The van der Waals surface area contributed by atoms with E-state index in [1.807, 2.05) is 24.4 Å². The van der Waals surface area contributed by atoms with Crippen molar-refractivity contribution in [1.82, 2.24) is 14.5 Å². The largest absolute Gasteiger partial charge is 0.497 e. The molecule has 4 rings (SSSR count). The van der Waals surface area contributed by atoms with E-state index in [2.05, 4.69) is 4.98 Å². The highest BCUT2D eigenvalue weighted by atomic mass is 19.4. The number of halogens is 3. The second kappa shape index (κ2) is 8.13. The molecule has 9 heteroatoms. The molecule has 0 bridgehead atoms. The van der Waals surface area contributed by atoms with Gasteiger partial charge in [0.15, 0.2) is 0 Å². The van der Waals surface area contributed by atoms with E-state index in [4.69, 9.17) is 4.74 Å². The van der Waals surface area contributed by atoms with E-state index in [0.717, 1.165) is 51.8 Å². The number of benzene rings is 1. The lowest BCUT2D eigenvalue weighted by molar-refractivity contribution is -0.139. The summed E-state index contributed by atoms with van der Waals surface area (Å²) < 4.78 is 44.9. The van der Waals surface area contributed by atoms with E-state index in [9.17, 15) is 22.8 Å². The number of rotatable bonds is 4. The van der Waals surface area contributed by atoms with Crippen molar-refractivity contribution >= 4 is 16.8 Å². The fourth-order valence-corrected chi connectivity index (χ4v) is 4.15. The number of aromatic nitrogens is 2. The number of fused-ring (bicyclic) bond motifs is 1. The maximum Gasteiger partial charge on any atom is 0.421 e. The maximum absolute atomic E-state index is 12.9. The van der Waals surface area contributed by atoms with Gasteiger partial charge in [-0.3, -0.25) is 9.59 Å². The lowest BCUT2D eigenvalue weighted by Gasteiger charge is -2.32. The molecule has 0 radical (unpaired) electrons. The Kier molecular flexibility index (Phi) is 5.51. The first-order valence-electron chi connectivity index (χ1n) is 9.97. The summed E-state index contributed by atoms with van der Waals surface area (Å²) in [5.74, 6) is 0.661. The summed E-state index contributed by atoms with van der Waals surface area (Å²) in [6, 6.07) is 7.70. The molecular weight excluding hydrogens is 411 g/mol. The lowest BCUT2D eigenvalue weighted by Crippen LogP contribution is -2.41. The smallest absolute Gasteiger partial charge is 0.421 e. The summed E-state index contributed by atoms with van der Waals surface area (Å²) in [4.78, 5) is 29.6. The number of carbonyl (C=O) groups is 1. The van der Waals surface area contributed by atoms with Crippen LogP contribution in [0.15, 0.2) is 47.5 Å². The monoisotopic (exact) mass is 433 g/mol. The summed E-state index contributed by atoms with van der Waals surface area (Å²) in [5, 5.41) is 1.08. The van der Waals surface area contributed by atoms with Crippen LogP contribution >= 0.6 is 0 Å². The van der Waals surface area contributed by atoms with Gasteiger partial charge in [-0.1, -0.05) is 0 Å². The van der Waals surface area contributed by atoms with Gasteiger partial charge in [0.2, 0.25) is 5.91 Å². The van der Waals surface area contributed by atoms with Crippen LogP contribution in [0.1, 0.15) is 29.9 Å². The summed E-state index contributed by atoms with van der Waals surface area (Å²) >= 11 is 0. The second-order valence-corrected chi connectivity index (χ2v) is 7.66. The SMILES string of the molecule is COc1ccc2[nH]cc(C3CCN(C(=O)Cn4cccc(C(F)(F)F)c4=O)CC3)c2c1. The number of alkyl halides is 3. The third kappa shape index (κ3) is 4.17. The normalized spacial score (nSPS) is 15.4. The molecule has 3 heterocycles. The zero-order valence-electron chi connectivity index (χ0n) is 16.9. The van der Waals surface area contributed by atoms with Gasteiger partial charge >= 0.3 is 6.18 Å². The van der Waals surface area contributed by atoms with E-state index in [1.165, 1.54) is 6.20 Å². The van der Waals surface area contributed by atoms with E-state index in [-0.39, 0.29) is 11.8 Å². The van der Waals surface area contributed by atoms with Gasteiger partial charge in [-0.2, -0.15) is 13.2 Å². The van der Waals surface area contributed by atoms with Gasteiger partial charge in [0.1, 0.15) is 17.9 Å². The number of H-pyrrole nitrogens is 1. The first-order chi connectivity index (χ1) is 14.8. The number of amides is 1. The number of pyridine rings is 1. The molecule has 6 nitrogen and oxygen atoms in total. The van der Waals surface area contributed by atoms with Gasteiger partial charge in [-0.05, 0) is 54.7 Å². The number of piperidine rings is 1. The topological polar surface area (TPSA) is 67.3 Å². The van der Waals surface area contributed by atoms with Crippen LogP contribution in [0.3, 0.4) is 0 Å². The molecule has 1 N–H and O–H groups in total. The van der Waals surface area contributed by atoms with Crippen molar-refractivity contribution in [2.75, 3.05) is 20.2 Å². The van der Waals surface area contributed by atoms with Crippen molar-refractivity contribution in [2.45, 2.75) is 31.5 Å². The van der Waals surface area contributed by atoms with Crippen molar-refractivity contribution in [2.24, 2.45) is 0 Å². The molecule has 3 aromatic rings. The molecule has 0 spiro atoms. The molecule has 0 atom stereocenters. The number of carbonyl (C=O) groups excluding carboxylic acids is 1. The second-order valence-electron chi connectivity index (χ2n) is 7.66. The molecular formula is C22H22F3N3O3. The standard InChI is InChI=1S/C22H22F3N3O3/c1-31-15-4-5-19-16(11-15)17(12-26-19)14-6-9-27(10-7-14)20(29)13-28-8-2-3-18(21(28)30)22(23,24)25/h2-5,8,11-12,14,26H,6-7,9-10,13H2,1H3. The Morgan fingerprint density at radius 1 is 1.23 bits per heavy atom. The Hall–Kier alpha value is -3.23. The van der Waals surface area contributed by atoms with Crippen LogP contribution in [0.25, 0.3) is 10.9 Å². The van der Waals surface area contributed by atoms with Crippen LogP contribution in [0.4, 0.5) is 13.2 Å². The average Bonchev–Trinajstić information content (AvgIpc) is 3.17. The van der Waals surface area contributed by atoms with Crippen LogP contribution in [-0.4, -0.2) is 40.6 Å². The highest BCUT2D eigenvalue weighted by Gasteiger charge is 2.34. The minimum atomic E-state index is -4.75. The van der Waals surface area contributed by atoms with Gasteiger partial charge in [-0.25, -0.2) is 0 Å². The van der Waals surface area contributed by atoms with Gasteiger partial charge in [0, 0.05) is 36.4 Å². The molecule has 0 saturated carbocycles. The third-order valence-corrected chi connectivity index (χ3v) is 5.84. The molecule has 0 aliphatic carbocycles. The van der Waals surface area contributed by atoms with E-state index in [0.29, 0.717) is 13.1 Å². The lowest BCUT2D eigenvalue weighted by atomic mass is 9.89. The number of aromatic amines is 1. The average molecular weight is 433 g/mol. The highest BCUT2D eigenvalue weighted by Crippen LogP contribution is 2.34. The van der Waals surface area contributed by atoms with Crippen LogP contribution in [-0.2, 0) is 17.5 Å². The van der Waals surface area contributed by atoms with Gasteiger partial charge in [0.05, 0.1) is 7.11 Å². The molecule has 1 aliphatic rings. The van der Waals surface area contributed by atoms with Gasteiger partial charge in [0.25, 0.3) is 5.56 Å². The van der Waals surface area contributed by atoms with Crippen LogP contribution in [0.5, 0.6) is 5.75 Å². The van der Waals surface area contributed by atoms with Crippen LogP contribution in [0.2, 0.25) is 0 Å². The molecule has 0 unspecified atom stereocenters. The number of hydrogen-bond acceptors (Lipinski definition) is 3. The summed E-state index contributed by atoms with van der Waals surface area (Å²) in [6.07, 6.45) is -0.0969. The highest BCUT2D eigenvalue weighted by molar-refractivity contribution is 5.85.